The fraction of sp³-hybridized carbons (Fsp3) is 0.0556. The van der Waals surface area contributed by atoms with Crippen LogP contribution in [-0.2, 0) is 0 Å². The number of anilines is 2. The number of alkyl halides is 2. The van der Waals surface area contributed by atoms with Gasteiger partial charge in [0.05, 0.1) is 11.4 Å². The van der Waals surface area contributed by atoms with Gasteiger partial charge in [-0.25, -0.2) is 40.1 Å². The first kappa shape index (κ1) is 20.0. The lowest BCUT2D eigenvalue weighted by Gasteiger charge is -2.36. The minimum absolute atomic E-state index is 0.150. The highest BCUT2D eigenvalue weighted by Crippen LogP contribution is 2.52. The third kappa shape index (κ3) is 2.42. The summed E-state index contributed by atoms with van der Waals surface area (Å²) in [6, 6.07) is 4.33. The van der Waals surface area contributed by atoms with Crippen LogP contribution in [0, 0.1) is 29.1 Å². The zero-order valence-electron chi connectivity index (χ0n) is 14.0. The van der Waals surface area contributed by atoms with Crippen molar-refractivity contribution >= 4 is 22.8 Å². The molecule has 1 aliphatic heterocycles. The van der Waals surface area contributed by atoms with Crippen molar-refractivity contribution < 1.29 is 43.9 Å². The van der Waals surface area contributed by atoms with Crippen molar-refractivity contribution in [1.29, 1.82) is 0 Å². The van der Waals surface area contributed by atoms with Crippen LogP contribution in [0.15, 0.2) is 52.4 Å². The van der Waals surface area contributed by atoms with Gasteiger partial charge in [0.1, 0.15) is 17.1 Å². The number of benzene rings is 2. The zero-order valence-corrected chi connectivity index (χ0v) is 14.0. The molecule has 2 aromatic carbocycles. The summed E-state index contributed by atoms with van der Waals surface area (Å²) in [4.78, 5) is 3.33. The molecule has 12 heteroatoms. The van der Waals surface area contributed by atoms with Crippen LogP contribution >= 0.6 is 0 Å². The van der Waals surface area contributed by atoms with E-state index in [0.717, 1.165) is 18.2 Å². The van der Waals surface area contributed by atoms with E-state index in [1.54, 1.807) is 0 Å². The van der Waals surface area contributed by atoms with Crippen LogP contribution in [0.3, 0.4) is 0 Å². The molecule has 0 atom stereocenters. The highest BCUT2D eigenvalue weighted by atomic mass is 19.3. The van der Waals surface area contributed by atoms with Gasteiger partial charge in [-0.3, -0.25) is 4.90 Å². The molecule has 2 nitrogen and oxygen atoms in total. The SMILES string of the molecule is FC1=C(F)C(F)(F)C(F)=C2C1=Nc1ccccc1N2c1c(F)c(F)c(F)c(F)c1F. The van der Waals surface area contributed by atoms with Gasteiger partial charge < -0.3 is 0 Å². The lowest BCUT2D eigenvalue weighted by atomic mass is 9.98. The van der Waals surface area contributed by atoms with Crippen molar-refractivity contribution in [1.82, 2.24) is 0 Å². The Morgan fingerprint density at radius 2 is 1.23 bits per heavy atom. The Kier molecular flexibility index (Phi) is 4.22. The summed E-state index contributed by atoms with van der Waals surface area (Å²) in [6.45, 7) is 0. The summed E-state index contributed by atoms with van der Waals surface area (Å²) in [5, 5.41) is 0. The Morgan fingerprint density at radius 3 is 1.83 bits per heavy atom. The van der Waals surface area contributed by atoms with Gasteiger partial charge in [0.15, 0.2) is 29.1 Å². The van der Waals surface area contributed by atoms with Crippen LogP contribution in [0.4, 0.5) is 61.0 Å². The van der Waals surface area contributed by atoms with Crippen LogP contribution in [0.5, 0.6) is 0 Å². The third-order valence-electron chi connectivity index (χ3n) is 4.37. The molecule has 0 saturated heterocycles. The fourth-order valence-corrected chi connectivity index (χ4v) is 3.01. The minimum Gasteiger partial charge on any atom is -0.298 e. The molecule has 0 amide bonds. The van der Waals surface area contributed by atoms with Crippen LogP contribution < -0.4 is 4.90 Å². The predicted octanol–water partition coefficient (Wildman–Crippen LogP) is 6.59. The molecule has 156 valence electrons. The molecule has 1 aliphatic carbocycles. The molecule has 0 aromatic heterocycles. The fourth-order valence-electron chi connectivity index (χ4n) is 3.01. The Balaban J connectivity index is 2.16. The smallest absolute Gasteiger partial charge is 0.298 e. The van der Waals surface area contributed by atoms with Gasteiger partial charge in [-0.1, -0.05) is 12.1 Å². The highest BCUT2D eigenvalue weighted by molar-refractivity contribution is 6.19. The lowest BCUT2D eigenvalue weighted by Crippen LogP contribution is -2.37. The average Bonchev–Trinajstić information content (AvgIpc) is 2.73. The van der Waals surface area contributed by atoms with Gasteiger partial charge in [-0.2, -0.15) is 8.78 Å². The van der Waals surface area contributed by atoms with Gasteiger partial charge >= 0.3 is 5.92 Å². The van der Waals surface area contributed by atoms with Gasteiger partial charge in [-0.15, -0.1) is 0 Å². The van der Waals surface area contributed by atoms with Gasteiger partial charge in [0.25, 0.3) is 0 Å². The summed E-state index contributed by atoms with van der Waals surface area (Å²) >= 11 is 0. The molecule has 0 fully saturated rings. The quantitative estimate of drug-likeness (QED) is 0.279. The third-order valence-corrected chi connectivity index (χ3v) is 4.37. The molecule has 2 aromatic rings. The molecule has 0 spiro atoms. The van der Waals surface area contributed by atoms with Crippen molar-refractivity contribution in [2.45, 2.75) is 5.92 Å². The minimum atomic E-state index is -5.22. The summed E-state index contributed by atoms with van der Waals surface area (Å²) in [7, 11) is 0. The van der Waals surface area contributed by atoms with Crippen molar-refractivity contribution in [3.8, 4) is 0 Å². The number of hydrogen-bond donors (Lipinski definition) is 0. The second-order valence-corrected chi connectivity index (χ2v) is 6.07. The number of hydrogen-bond acceptors (Lipinski definition) is 2. The average molecular weight is 438 g/mol. The molecule has 2 aliphatic rings. The number of para-hydroxylation sites is 2. The predicted molar refractivity (Wildman–Crippen MR) is 84.2 cm³/mol. The number of fused-ring (bicyclic) bond motifs is 2. The second-order valence-electron chi connectivity index (χ2n) is 6.07. The molecule has 30 heavy (non-hydrogen) atoms. The van der Waals surface area contributed by atoms with E-state index in [4.69, 9.17) is 0 Å². The summed E-state index contributed by atoms with van der Waals surface area (Å²) < 4.78 is 140. The molecule has 0 unspecified atom stereocenters. The number of halogens is 10. The monoisotopic (exact) mass is 438 g/mol. The normalized spacial score (nSPS) is 17.8. The molecular formula is C18H4F10N2. The molecule has 0 saturated carbocycles. The van der Waals surface area contributed by atoms with E-state index in [1.165, 1.54) is 6.07 Å². The van der Waals surface area contributed by atoms with Crippen LogP contribution in [-0.4, -0.2) is 11.6 Å². The topological polar surface area (TPSA) is 15.6 Å². The number of rotatable bonds is 1. The summed E-state index contributed by atoms with van der Waals surface area (Å²) in [5.74, 6) is -25.7. The Labute approximate surface area is 160 Å². The molecule has 4 rings (SSSR count). The van der Waals surface area contributed by atoms with E-state index in [-0.39, 0.29) is 4.90 Å². The van der Waals surface area contributed by atoms with E-state index >= 15 is 0 Å². The number of allylic oxidation sites excluding steroid dienone is 3. The Morgan fingerprint density at radius 1 is 0.700 bits per heavy atom. The van der Waals surface area contributed by atoms with E-state index in [1.807, 2.05) is 0 Å². The van der Waals surface area contributed by atoms with Crippen LogP contribution in [0.25, 0.3) is 0 Å². The molecule has 1 heterocycles. The second kappa shape index (κ2) is 6.34. The molecule has 0 N–H and O–H groups in total. The van der Waals surface area contributed by atoms with Gasteiger partial charge in [-0.05, 0) is 12.1 Å². The van der Waals surface area contributed by atoms with Crippen molar-refractivity contribution in [2.75, 3.05) is 4.90 Å². The van der Waals surface area contributed by atoms with Gasteiger partial charge in [0, 0.05) is 0 Å². The van der Waals surface area contributed by atoms with Gasteiger partial charge in [0.2, 0.25) is 17.5 Å². The van der Waals surface area contributed by atoms with E-state index < -0.39 is 81.0 Å². The Bertz CT molecular complexity index is 1180. The molecule has 0 bridgehead atoms. The van der Waals surface area contributed by atoms with E-state index in [2.05, 4.69) is 4.99 Å². The number of nitrogens with zero attached hydrogens (tertiary/aromatic N) is 2. The van der Waals surface area contributed by atoms with Crippen molar-refractivity contribution in [2.24, 2.45) is 4.99 Å². The standard InChI is InChI=1S/C18H4F10N2/c19-7-8(20)10(22)14(11(23)9(7)21)30-6-4-2-1-3-5(6)29-13-12(24)16(25)18(27,28)17(26)15(13)30/h1-4H. The van der Waals surface area contributed by atoms with Crippen LogP contribution in [0.1, 0.15) is 0 Å². The van der Waals surface area contributed by atoms with E-state index in [0.29, 0.717) is 0 Å². The maximum Gasteiger partial charge on any atom is 0.354 e. The maximum atomic E-state index is 14.6. The Hall–Kier alpha value is -3.31. The first-order valence-corrected chi connectivity index (χ1v) is 7.84. The molecular weight excluding hydrogens is 434 g/mol. The molecule has 0 radical (unpaired) electrons. The van der Waals surface area contributed by atoms with Crippen molar-refractivity contribution in [3.05, 3.63) is 76.5 Å². The zero-order chi connectivity index (χ0) is 22.1. The van der Waals surface area contributed by atoms with Crippen molar-refractivity contribution in [3.63, 3.8) is 0 Å². The summed E-state index contributed by atoms with van der Waals surface area (Å²) in [6.07, 6.45) is 0. The lowest BCUT2D eigenvalue weighted by molar-refractivity contribution is 0.0287. The maximum absolute atomic E-state index is 14.6. The highest BCUT2D eigenvalue weighted by Gasteiger charge is 2.54. The first-order chi connectivity index (χ1) is 14.0. The number of aliphatic imine (C=N–C) groups is 1. The first-order valence-electron chi connectivity index (χ1n) is 7.84. The summed E-state index contributed by atoms with van der Waals surface area (Å²) in [5.41, 5.74) is -6.09. The van der Waals surface area contributed by atoms with Crippen LogP contribution in [0.2, 0.25) is 0 Å². The largest absolute Gasteiger partial charge is 0.354 e. The van der Waals surface area contributed by atoms with E-state index in [9.17, 15) is 43.9 Å².